The lowest BCUT2D eigenvalue weighted by molar-refractivity contribution is -0.113. The molecule has 1 amide bonds. The summed E-state index contributed by atoms with van der Waals surface area (Å²) in [5.74, 6) is -0.0626. The topological polar surface area (TPSA) is 109 Å². The van der Waals surface area contributed by atoms with Crippen molar-refractivity contribution >= 4 is 35.3 Å². The lowest BCUT2D eigenvalue weighted by Crippen LogP contribution is -2.32. The number of aryl methyl sites for hydroxylation is 1. The van der Waals surface area contributed by atoms with Gasteiger partial charge in [-0.2, -0.15) is 4.98 Å². The summed E-state index contributed by atoms with van der Waals surface area (Å²) in [6.45, 7) is 7.82. The van der Waals surface area contributed by atoms with Gasteiger partial charge in [0.05, 0.1) is 11.1 Å². The van der Waals surface area contributed by atoms with Crippen molar-refractivity contribution in [2.75, 3.05) is 16.4 Å². The molecule has 176 valence electrons. The third-order valence-electron chi connectivity index (χ3n) is 5.85. The lowest BCUT2D eigenvalue weighted by Gasteiger charge is -2.29. The van der Waals surface area contributed by atoms with Crippen molar-refractivity contribution in [3.8, 4) is 0 Å². The summed E-state index contributed by atoms with van der Waals surface area (Å²) in [5, 5.41) is 21.3. The second-order valence-electron chi connectivity index (χ2n) is 8.17. The fourth-order valence-corrected chi connectivity index (χ4v) is 4.66. The molecule has 9 heteroatoms. The Bertz CT molecular complexity index is 1300. The van der Waals surface area contributed by atoms with Crippen LogP contribution in [0.25, 0.3) is 0 Å². The van der Waals surface area contributed by atoms with Gasteiger partial charge in [0.25, 0.3) is 5.91 Å². The van der Waals surface area contributed by atoms with Crippen LogP contribution in [-0.4, -0.2) is 37.5 Å². The number of allylic oxidation sites excluding steroid dienone is 1. The fraction of sp³-hybridized carbons (Fsp3) is 0.280. The number of hydrogen-bond acceptors (Lipinski definition) is 6. The number of anilines is 2. The van der Waals surface area contributed by atoms with Gasteiger partial charge in [-0.1, -0.05) is 49.0 Å². The number of thioether (sulfide) groups is 1. The fourth-order valence-electron chi connectivity index (χ4n) is 3.97. The van der Waals surface area contributed by atoms with Gasteiger partial charge in [0.2, 0.25) is 11.1 Å². The molecule has 0 radical (unpaired) electrons. The number of rotatable bonds is 7. The second-order valence-corrected chi connectivity index (χ2v) is 9.23. The lowest BCUT2D eigenvalue weighted by atomic mass is 9.91. The number of aromatic carboxylic acids is 1. The Kier molecular flexibility index (Phi) is 6.74. The monoisotopic (exact) mass is 477 g/mol. The van der Waals surface area contributed by atoms with E-state index in [2.05, 4.69) is 27.6 Å². The molecular weight excluding hydrogens is 450 g/mol. The Morgan fingerprint density at radius 1 is 1.15 bits per heavy atom. The van der Waals surface area contributed by atoms with Crippen molar-refractivity contribution in [2.45, 2.75) is 45.3 Å². The van der Waals surface area contributed by atoms with Gasteiger partial charge >= 0.3 is 5.97 Å². The summed E-state index contributed by atoms with van der Waals surface area (Å²) in [5.41, 5.74) is 4.32. The standard InChI is InChI=1S/C25H27N5O3S/c1-5-13-34-25-28-24-26-16(4)20(22(31)27-19-12-8-9-14(2)15(19)3)21(30(24)29-25)17-10-6-7-11-18(17)23(32)33/h6-12,21H,5,13H2,1-4H3,(H,27,31)(H,32,33)(H,26,28,29). The molecule has 0 saturated heterocycles. The van der Waals surface area contributed by atoms with Gasteiger partial charge in [-0.25, -0.2) is 9.48 Å². The van der Waals surface area contributed by atoms with E-state index in [0.717, 1.165) is 23.3 Å². The number of carboxylic acids is 1. The number of amides is 1. The minimum atomic E-state index is -1.07. The Morgan fingerprint density at radius 2 is 1.91 bits per heavy atom. The first kappa shape index (κ1) is 23.6. The summed E-state index contributed by atoms with van der Waals surface area (Å²) in [6.07, 6.45) is 0.966. The van der Waals surface area contributed by atoms with Crippen LogP contribution in [0.4, 0.5) is 11.6 Å². The Morgan fingerprint density at radius 3 is 2.65 bits per heavy atom. The van der Waals surface area contributed by atoms with Crippen molar-refractivity contribution in [1.29, 1.82) is 0 Å². The summed E-state index contributed by atoms with van der Waals surface area (Å²) < 4.78 is 1.62. The minimum Gasteiger partial charge on any atom is -0.478 e. The first-order valence-electron chi connectivity index (χ1n) is 11.1. The number of carboxylic acid groups (broad SMARTS) is 1. The molecule has 1 aliphatic heterocycles. The molecule has 0 spiro atoms. The van der Waals surface area contributed by atoms with E-state index in [1.54, 1.807) is 35.9 Å². The molecule has 8 nitrogen and oxygen atoms in total. The average Bonchev–Trinajstić information content (AvgIpc) is 3.21. The van der Waals surface area contributed by atoms with Crippen LogP contribution in [0.2, 0.25) is 0 Å². The molecule has 3 aromatic rings. The molecule has 1 atom stereocenters. The molecule has 1 aromatic heterocycles. The molecule has 1 unspecified atom stereocenters. The number of fused-ring (bicyclic) bond motifs is 1. The third-order valence-corrected chi connectivity index (χ3v) is 6.90. The molecule has 2 aromatic carbocycles. The van der Waals surface area contributed by atoms with Crippen molar-refractivity contribution in [1.82, 2.24) is 14.8 Å². The highest BCUT2D eigenvalue weighted by molar-refractivity contribution is 7.99. The number of hydrogen-bond donors (Lipinski definition) is 3. The van der Waals surface area contributed by atoms with Crippen molar-refractivity contribution in [3.05, 3.63) is 76.0 Å². The first-order valence-corrected chi connectivity index (χ1v) is 12.1. The van der Waals surface area contributed by atoms with Crippen molar-refractivity contribution in [3.63, 3.8) is 0 Å². The first-order chi connectivity index (χ1) is 16.3. The van der Waals surface area contributed by atoms with Crippen LogP contribution in [0.5, 0.6) is 0 Å². The highest BCUT2D eigenvalue weighted by Gasteiger charge is 2.36. The molecule has 0 fully saturated rings. The highest BCUT2D eigenvalue weighted by Crippen LogP contribution is 2.38. The molecule has 0 aliphatic carbocycles. The molecule has 0 saturated carbocycles. The molecule has 0 bridgehead atoms. The number of aromatic nitrogens is 3. The van der Waals surface area contributed by atoms with Crippen molar-refractivity contribution < 1.29 is 14.7 Å². The Hall–Kier alpha value is -3.59. The zero-order valence-corrected chi connectivity index (χ0v) is 20.4. The van der Waals surface area contributed by atoms with Crippen LogP contribution in [0.1, 0.15) is 53.4 Å². The van der Waals surface area contributed by atoms with E-state index in [1.807, 2.05) is 32.0 Å². The van der Waals surface area contributed by atoms with E-state index in [0.29, 0.717) is 33.6 Å². The molecular formula is C25H27N5O3S. The van der Waals surface area contributed by atoms with Crippen LogP contribution in [-0.2, 0) is 4.79 Å². The van der Waals surface area contributed by atoms with Crippen LogP contribution < -0.4 is 10.6 Å². The smallest absolute Gasteiger partial charge is 0.336 e. The highest BCUT2D eigenvalue weighted by atomic mass is 32.2. The molecule has 4 rings (SSSR count). The maximum Gasteiger partial charge on any atom is 0.336 e. The van der Waals surface area contributed by atoms with Crippen LogP contribution >= 0.6 is 11.8 Å². The summed E-state index contributed by atoms with van der Waals surface area (Å²) in [6, 6.07) is 11.7. The van der Waals surface area contributed by atoms with E-state index >= 15 is 0 Å². The summed E-state index contributed by atoms with van der Waals surface area (Å²) in [7, 11) is 0. The van der Waals surface area contributed by atoms with E-state index in [9.17, 15) is 14.7 Å². The van der Waals surface area contributed by atoms with Crippen molar-refractivity contribution in [2.24, 2.45) is 0 Å². The Balaban J connectivity index is 1.84. The van der Waals surface area contributed by atoms with Gasteiger partial charge in [-0.15, -0.1) is 5.10 Å². The SMILES string of the molecule is CCCSc1nc2n(n1)C(c1ccccc1C(=O)O)C(C(=O)Nc1cccc(C)c1C)=C(C)N2. The maximum absolute atomic E-state index is 13.7. The number of nitrogens with zero attached hydrogens (tertiary/aromatic N) is 3. The quantitative estimate of drug-likeness (QED) is 0.410. The largest absolute Gasteiger partial charge is 0.478 e. The maximum atomic E-state index is 13.7. The normalized spacial score (nSPS) is 15.0. The van der Waals surface area contributed by atoms with Gasteiger partial charge in [0.15, 0.2) is 0 Å². The van der Waals surface area contributed by atoms with E-state index in [4.69, 9.17) is 0 Å². The zero-order chi connectivity index (χ0) is 24.4. The number of nitrogens with one attached hydrogen (secondary N) is 2. The summed E-state index contributed by atoms with van der Waals surface area (Å²) >= 11 is 1.52. The van der Waals surface area contributed by atoms with E-state index in [1.165, 1.54) is 11.8 Å². The molecule has 2 heterocycles. The number of carbonyl (C=O) groups is 2. The molecule has 1 aliphatic rings. The number of carbonyl (C=O) groups excluding carboxylic acids is 1. The van der Waals surface area contributed by atoms with Gasteiger partial charge in [-0.3, -0.25) is 4.79 Å². The average molecular weight is 478 g/mol. The predicted octanol–water partition coefficient (Wildman–Crippen LogP) is 5.02. The van der Waals surface area contributed by atoms with Gasteiger partial charge in [0, 0.05) is 17.1 Å². The van der Waals surface area contributed by atoms with Gasteiger partial charge in [0.1, 0.15) is 6.04 Å². The van der Waals surface area contributed by atoms with Crippen LogP contribution in [0.15, 0.2) is 58.9 Å². The van der Waals surface area contributed by atoms with E-state index < -0.39 is 12.0 Å². The van der Waals surface area contributed by atoms with Crippen LogP contribution in [0, 0.1) is 13.8 Å². The molecule has 34 heavy (non-hydrogen) atoms. The van der Waals surface area contributed by atoms with Gasteiger partial charge in [-0.05, 0) is 56.0 Å². The number of benzene rings is 2. The molecule has 3 N–H and O–H groups in total. The Labute approximate surface area is 202 Å². The third kappa shape index (κ3) is 4.43. The van der Waals surface area contributed by atoms with Crippen LogP contribution in [0.3, 0.4) is 0 Å². The predicted molar refractivity (Wildman–Crippen MR) is 133 cm³/mol. The minimum absolute atomic E-state index is 0.114. The zero-order valence-electron chi connectivity index (χ0n) is 19.5. The second kappa shape index (κ2) is 9.72. The summed E-state index contributed by atoms with van der Waals surface area (Å²) in [4.78, 5) is 30.3. The van der Waals surface area contributed by atoms with E-state index in [-0.39, 0.29) is 11.5 Å². The van der Waals surface area contributed by atoms with Gasteiger partial charge < -0.3 is 15.7 Å².